The molecule has 0 heterocycles. The van der Waals surface area contributed by atoms with Gasteiger partial charge < -0.3 is 19.7 Å². The summed E-state index contributed by atoms with van der Waals surface area (Å²) >= 11 is 0. The van der Waals surface area contributed by atoms with Crippen LogP contribution >= 0.6 is 0 Å². The second-order valence-electron chi connectivity index (χ2n) is 2.41. The molecule has 0 aromatic rings. The summed E-state index contributed by atoms with van der Waals surface area (Å²) in [6.45, 7) is 1.45. The Hall–Kier alpha value is -0.450. The maximum absolute atomic E-state index is 10.0. The second-order valence-corrected chi connectivity index (χ2v) is 2.41. The van der Waals surface area contributed by atoms with E-state index in [1.54, 1.807) is 0 Å². The van der Waals surface area contributed by atoms with Gasteiger partial charge in [0, 0.05) is 13.5 Å². The molecule has 0 aliphatic rings. The van der Waals surface area contributed by atoms with Gasteiger partial charge in [0.25, 0.3) is 0 Å². The van der Waals surface area contributed by atoms with Gasteiger partial charge in [-0.2, -0.15) is 0 Å². The van der Waals surface area contributed by atoms with Gasteiger partial charge in [0.1, 0.15) is 12.4 Å². The summed E-state index contributed by atoms with van der Waals surface area (Å²) in [6.07, 6.45) is -1.72. The van der Waals surface area contributed by atoms with E-state index in [0.717, 1.165) is 0 Å². The number of carbonyl (C=O) groups is 1. The van der Waals surface area contributed by atoms with Gasteiger partial charge in [-0.05, 0) is 6.92 Å². The van der Waals surface area contributed by atoms with Crippen LogP contribution in [0.3, 0.4) is 0 Å². The lowest BCUT2D eigenvalue weighted by Crippen LogP contribution is -2.37. The first-order chi connectivity index (χ1) is 5.13. The fourth-order valence-electron chi connectivity index (χ4n) is 0.781. The van der Waals surface area contributed by atoms with E-state index in [2.05, 4.69) is 0 Å². The molecule has 4 heteroatoms. The smallest absolute Gasteiger partial charge is 0.122 e. The topological polar surface area (TPSA) is 66.8 Å². The average Bonchev–Trinajstić information content (AvgIpc) is 1.98. The molecule has 0 radical (unpaired) electrons. The zero-order valence-electron chi connectivity index (χ0n) is 6.73. The van der Waals surface area contributed by atoms with Crippen molar-refractivity contribution >= 4 is 6.29 Å². The monoisotopic (exact) mass is 162 g/mol. The fraction of sp³-hybridized carbons (Fsp3) is 0.857. The highest BCUT2D eigenvalue weighted by atomic mass is 16.5. The summed E-state index contributed by atoms with van der Waals surface area (Å²) in [5, 5.41) is 18.1. The summed E-state index contributed by atoms with van der Waals surface area (Å²) in [6, 6.07) is 0. The molecule has 1 unspecified atom stereocenters. The molecule has 0 rings (SSSR count). The molecule has 0 spiro atoms. The summed E-state index contributed by atoms with van der Waals surface area (Å²) in [5.41, 5.74) is 0. The summed E-state index contributed by atoms with van der Waals surface area (Å²) in [7, 11) is 1.39. The molecule has 0 aromatic heterocycles. The molecular weight excluding hydrogens is 148 g/mol. The molecule has 4 nitrogen and oxygen atoms in total. The molecule has 0 bridgehead atoms. The molecule has 0 aliphatic carbocycles. The first kappa shape index (κ1) is 10.6. The Morgan fingerprint density at radius 3 is 2.36 bits per heavy atom. The number of ether oxygens (including phenoxy) is 1. The van der Waals surface area contributed by atoms with Crippen LogP contribution in [0.15, 0.2) is 0 Å². The summed E-state index contributed by atoms with van der Waals surface area (Å²) in [5.74, 6) is 0. The standard InChI is InChI=1S/C7H14O4/c1-5(9)7(10)6(11-2)3-4-8/h4-7,9-10H,3H2,1-2H3/t5?,6-,7-/m0/s1. The number of hydrogen-bond donors (Lipinski definition) is 2. The van der Waals surface area contributed by atoms with Crippen LogP contribution in [0, 0.1) is 0 Å². The van der Waals surface area contributed by atoms with E-state index >= 15 is 0 Å². The number of hydrogen-bond acceptors (Lipinski definition) is 4. The van der Waals surface area contributed by atoms with Gasteiger partial charge in [-0.3, -0.25) is 0 Å². The lowest BCUT2D eigenvalue weighted by molar-refractivity contribution is -0.115. The molecule has 11 heavy (non-hydrogen) atoms. The third kappa shape index (κ3) is 3.46. The van der Waals surface area contributed by atoms with Crippen molar-refractivity contribution in [1.82, 2.24) is 0 Å². The Kier molecular flexibility index (Phi) is 5.02. The molecule has 0 saturated heterocycles. The number of aliphatic hydroxyl groups excluding tert-OH is 2. The number of rotatable bonds is 5. The summed E-state index contributed by atoms with van der Waals surface area (Å²) in [4.78, 5) is 10.0. The minimum atomic E-state index is -0.995. The van der Waals surface area contributed by atoms with Gasteiger partial charge in [-0.15, -0.1) is 0 Å². The van der Waals surface area contributed by atoms with Crippen LogP contribution < -0.4 is 0 Å². The van der Waals surface area contributed by atoms with Crippen molar-refractivity contribution in [3.8, 4) is 0 Å². The maximum atomic E-state index is 10.0. The normalized spacial score (nSPS) is 18.9. The first-order valence-electron chi connectivity index (χ1n) is 3.46. The number of aliphatic hydroxyl groups is 2. The lowest BCUT2D eigenvalue weighted by atomic mass is 10.1. The lowest BCUT2D eigenvalue weighted by Gasteiger charge is -2.21. The minimum absolute atomic E-state index is 0.0998. The van der Waals surface area contributed by atoms with Crippen molar-refractivity contribution in [3.05, 3.63) is 0 Å². The molecule has 0 saturated carbocycles. The second kappa shape index (κ2) is 5.23. The molecular formula is C7H14O4. The Morgan fingerprint density at radius 2 is 2.09 bits per heavy atom. The predicted molar refractivity (Wildman–Crippen MR) is 39.2 cm³/mol. The van der Waals surface area contributed by atoms with Crippen LogP contribution in [0.5, 0.6) is 0 Å². The highest BCUT2D eigenvalue weighted by Gasteiger charge is 2.22. The van der Waals surface area contributed by atoms with Crippen LogP contribution in [-0.2, 0) is 9.53 Å². The molecule has 0 amide bonds. The molecule has 0 aliphatic heterocycles. The van der Waals surface area contributed by atoms with E-state index in [-0.39, 0.29) is 6.42 Å². The zero-order valence-corrected chi connectivity index (χ0v) is 6.73. The zero-order chi connectivity index (χ0) is 8.85. The van der Waals surface area contributed by atoms with Crippen molar-refractivity contribution in [2.24, 2.45) is 0 Å². The molecule has 3 atom stereocenters. The molecule has 0 fully saturated rings. The van der Waals surface area contributed by atoms with E-state index in [9.17, 15) is 9.90 Å². The van der Waals surface area contributed by atoms with Crippen LogP contribution in [0.1, 0.15) is 13.3 Å². The predicted octanol–water partition coefficient (Wildman–Crippen LogP) is -0.668. The number of carbonyl (C=O) groups excluding carboxylic acids is 1. The van der Waals surface area contributed by atoms with E-state index in [1.165, 1.54) is 14.0 Å². The van der Waals surface area contributed by atoms with Crippen molar-refractivity contribution in [2.75, 3.05) is 7.11 Å². The van der Waals surface area contributed by atoms with Gasteiger partial charge in [0.15, 0.2) is 0 Å². The largest absolute Gasteiger partial charge is 0.391 e. The summed E-state index contributed by atoms with van der Waals surface area (Å²) < 4.78 is 4.77. The molecule has 2 N–H and O–H groups in total. The Balaban J connectivity index is 3.90. The fourth-order valence-corrected chi connectivity index (χ4v) is 0.781. The highest BCUT2D eigenvalue weighted by Crippen LogP contribution is 2.05. The van der Waals surface area contributed by atoms with Crippen molar-refractivity contribution in [2.45, 2.75) is 31.7 Å². The maximum Gasteiger partial charge on any atom is 0.122 e. The molecule has 0 aromatic carbocycles. The van der Waals surface area contributed by atoms with Crippen molar-refractivity contribution in [3.63, 3.8) is 0 Å². The van der Waals surface area contributed by atoms with Crippen LogP contribution in [0.4, 0.5) is 0 Å². The van der Waals surface area contributed by atoms with Crippen LogP contribution in [0.2, 0.25) is 0 Å². The van der Waals surface area contributed by atoms with Crippen LogP contribution in [-0.4, -0.2) is 41.9 Å². The third-order valence-electron chi connectivity index (χ3n) is 1.51. The Bertz CT molecular complexity index is 113. The van der Waals surface area contributed by atoms with E-state index < -0.39 is 18.3 Å². The van der Waals surface area contributed by atoms with Crippen LogP contribution in [0.25, 0.3) is 0 Å². The molecule has 66 valence electrons. The van der Waals surface area contributed by atoms with Gasteiger partial charge in [0.05, 0.1) is 12.2 Å². The Morgan fingerprint density at radius 1 is 1.55 bits per heavy atom. The average molecular weight is 162 g/mol. The van der Waals surface area contributed by atoms with Crippen molar-refractivity contribution in [1.29, 1.82) is 0 Å². The van der Waals surface area contributed by atoms with E-state index in [1.807, 2.05) is 0 Å². The Labute approximate surface area is 65.8 Å². The van der Waals surface area contributed by atoms with E-state index in [4.69, 9.17) is 9.84 Å². The quantitative estimate of drug-likeness (QED) is 0.526. The first-order valence-corrected chi connectivity index (χ1v) is 3.46. The van der Waals surface area contributed by atoms with Gasteiger partial charge in [0.2, 0.25) is 0 Å². The number of aldehydes is 1. The van der Waals surface area contributed by atoms with Crippen molar-refractivity contribution < 1.29 is 19.7 Å². The van der Waals surface area contributed by atoms with Gasteiger partial charge in [-0.1, -0.05) is 0 Å². The van der Waals surface area contributed by atoms with Gasteiger partial charge in [-0.25, -0.2) is 0 Å². The number of methoxy groups -OCH3 is 1. The highest BCUT2D eigenvalue weighted by molar-refractivity contribution is 5.50. The SMILES string of the molecule is CO[C@@H](CC=O)[C@@H](O)C(C)O. The van der Waals surface area contributed by atoms with E-state index in [0.29, 0.717) is 6.29 Å². The van der Waals surface area contributed by atoms with Gasteiger partial charge >= 0.3 is 0 Å². The minimum Gasteiger partial charge on any atom is -0.391 e. The third-order valence-corrected chi connectivity index (χ3v) is 1.51.